The van der Waals surface area contributed by atoms with Gasteiger partial charge in [0.15, 0.2) is 0 Å². The standard InChI is InChI=1S/C20H26ClN3O2/c1-14(15-9-5-7-11-17(15)21)23-20(25)22-13-18(24(2)3)16-10-6-8-12-19(16)26-4/h5-12,14,18H,13H2,1-4H3,(H2,22,23,25). The molecule has 0 saturated heterocycles. The average molecular weight is 376 g/mol. The fraction of sp³-hybridized carbons (Fsp3) is 0.350. The Morgan fingerprint density at radius 1 is 1.12 bits per heavy atom. The molecule has 2 aromatic carbocycles. The molecule has 0 radical (unpaired) electrons. The van der Waals surface area contributed by atoms with Gasteiger partial charge in [-0.1, -0.05) is 48.0 Å². The van der Waals surface area contributed by atoms with Gasteiger partial charge in [-0.3, -0.25) is 0 Å². The lowest BCUT2D eigenvalue weighted by atomic mass is 10.0. The number of carbonyl (C=O) groups excluding carboxylic acids is 1. The van der Waals surface area contributed by atoms with Gasteiger partial charge in [0.05, 0.1) is 19.2 Å². The van der Waals surface area contributed by atoms with Crippen molar-refractivity contribution in [3.8, 4) is 5.75 Å². The first-order valence-corrected chi connectivity index (χ1v) is 8.90. The van der Waals surface area contributed by atoms with Crippen LogP contribution in [0.5, 0.6) is 5.75 Å². The third-order valence-corrected chi connectivity index (χ3v) is 4.64. The summed E-state index contributed by atoms with van der Waals surface area (Å²) in [6.45, 7) is 2.36. The summed E-state index contributed by atoms with van der Waals surface area (Å²) in [6, 6.07) is 14.9. The van der Waals surface area contributed by atoms with E-state index in [9.17, 15) is 4.79 Å². The second-order valence-electron chi connectivity index (χ2n) is 6.32. The van der Waals surface area contributed by atoms with Crippen molar-refractivity contribution in [2.75, 3.05) is 27.7 Å². The number of methoxy groups -OCH3 is 1. The SMILES string of the molecule is COc1ccccc1C(CNC(=O)NC(C)c1ccccc1Cl)N(C)C. The minimum atomic E-state index is -0.237. The Balaban J connectivity index is 2.01. The zero-order chi connectivity index (χ0) is 19.1. The third kappa shape index (κ3) is 5.13. The quantitative estimate of drug-likeness (QED) is 0.768. The van der Waals surface area contributed by atoms with Crippen molar-refractivity contribution in [3.63, 3.8) is 0 Å². The van der Waals surface area contributed by atoms with E-state index in [-0.39, 0.29) is 18.1 Å². The summed E-state index contributed by atoms with van der Waals surface area (Å²) in [5.74, 6) is 0.804. The number of nitrogens with one attached hydrogen (secondary N) is 2. The molecule has 2 amide bonds. The number of benzene rings is 2. The molecular formula is C20H26ClN3O2. The number of ether oxygens (including phenoxy) is 1. The zero-order valence-electron chi connectivity index (χ0n) is 15.6. The summed E-state index contributed by atoms with van der Waals surface area (Å²) in [5, 5.41) is 6.51. The second-order valence-corrected chi connectivity index (χ2v) is 6.73. The van der Waals surface area contributed by atoms with E-state index in [4.69, 9.17) is 16.3 Å². The van der Waals surface area contributed by atoms with E-state index < -0.39 is 0 Å². The molecule has 0 aromatic heterocycles. The number of likely N-dealkylation sites (N-methyl/N-ethyl adjacent to an activating group) is 1. The highest BCUT2D eigenvalue weighted by atomic mass is 35.5. The first kappa shape index (κ1) is 20.1. The van der Waals surface area contributed by atoms with Crippen LogP contribution in [-0.2, 0) is 0 Å². The Labute approximate surface area is 160 Å². The van der Waals surface area contributed by atoms with Crippen LogP contribution in [0, 0.1) is 0 Å². The van der Waals surface area contributed by atoms with Crippen LogP contribution in [0.2, 0.25) is 5.02 Å². The zero-order valence-corrected chi connectivity index (χ0v) is 16.4. The molecule has 2 aromatic rings. The van der Waals surface area contributed by atoms with Gasteiger partial charge in [-0.2, -0.15) is 0 Å². The molecule has 0 heterocycles. The van der Waals surface area contributed by atoms with Gasteiger partial charge in [-0.25, -0.2) is 4.79 Å². The molecular weight excluding hydrogens is 350 g/mol. The van der Waals surface area contributed by atoms with Crippen LogP contribution < -0.4 is 15.4 Å². The summed E-state index contributed by atoms with van der Waals surface area (Å²) in [7, 11) is 5.60. The van der Waals surface area contributed by atoms with Crippen LogP contribution in [-0.4, -0.2) is 38.7 Å². The predicted octanol–water partition coefficient (Wildman–Crippen LogP) is 4.01. The van der Waals surface area contributed by atoms with Gasteiger partial charge >= 0.3 is 6.03 Å². The summed E-state index contributed by atoms with van der Waals surface area (Å²) in [4.78, 5) is 14.4. The monoisotopic (exact) mass is 375 g/mol. The Kier molecular flexibility index (Phi) is 7.30. The maximum atomic E-state index is 12.3. The van der Waals surface area contributed by atoms with E-state index in [1.165, 1.54) is 0 Å². The van der Waals surface area contributed by atoms with Crippen molar-refractivity contribution < 1.29 is 9.53 Å². The van der Waals surface area contributed by atoms with Crippen LogP contribution >= 0.6 is 11.6 Å². The number of hydrogen-bond donors (Lipinski definition) is 2. The molecule has 0 bridgehead atoms. The molecule has 0 fully saturated rings. The lowest BCUT2D eigenvalue weighted by Gasteiger charge is -2.27. The number of carbonyl (C=O) groups is 1. The van der Waals surface area contributed by atoms with Crippen LogP contribution in [0.15, 0.2) is 48.5 Å². The van der Waals surface area contributed by atoms with Gasteiger partial charge in [0.2, 0.25) is 0 Å². The Morgan fingerprint density at radius 3 is 2.35 bits per heavy atom. The average Bonchev–Trinajstić information content (AvgIpc) is 2.62. The van der Waals surface area contributed by atoms with Crippen molar-refractivity contribution in [2.24, 2.45) is 0 Å². The largest absolute Gasteiger partial charge is 0.496 e. The fourth-order valence-corrected chi connectivity index (χ4v) is 3.15. The number of para-hydroxylation sites is 1. The number of rotatable bonds is 7. The van der Waals surface area contributed by atoms with Crippen LogP contribution in [0.25, 0.3) is 0 Å². The van der Waals surface area contributed by atoms with Gasteiger partial charge in [-0.05, 0) is 38.7 Å². The van der Waals surface area contributed by atoms with Crippen LogP contribution in [0.4, 0.5) is 4.79 Å². The van der Waals surface area contributed by atoms with Gasteiger partial charge in [-0.15, -0.1) is 0 Å². The van der Waals surface area contributed by atoms with Gasteiger partial charge < -0.3 is 20.3 Å². The van der Waals surface area contributed by atoms with Crippen LogP contribution in [0.3, 0.4) is 0 Å². The van der Waals surface area contributed by atoms with E-state index in [1.54, 1.807) is 7.11 Å². The first-order chi connectivity index (χ1) is 12.4. The highest BCUT2D eigenvalue weighted by Gasteiger charge is 2.19. The third-order valence-electron chi connectivity index (χ3n) is 4.30. The fourth-order valence-electron chi connectivity index (χ4n) is 2.85. The number of amides is 2. The molecule has 0 saturated carbocycles. The molecule has 0 aliphatic carbocycles. The molecule has 2 unspecified atom stereocenters. The van der Waals surface area contributed by atoms with E-state index in [1.807, 2.05) is 69.6 Å². The maximum absolute atomic E-state index is 12.3. The summed E-state index contributed by atoms with van der Waals surface area (Å²) >= 11 is 6.19. The maximum Gasteiger partial charge on any atom is 0.315 e. The topological polar surface area (TPSA) is 53.6 Å². The molecule has 5 nitrogen and oxygen atoms in total. The molecule has 26 heavy (non-hydrogen) atoms. The van der Waals surface area contributed by atoms with Crippen molar-refractivity contribution >= 4 is 17.6 Å². The number of nitrogens with zero attached hydrogens (tertiary/aromatic N) is 1. The predicted molar refractivity (Wildman–Crippen MR) is 106 cm³/mol. The van der Waals surface area contributed by atoms with E-state index in [0.29, 0.717) is 11.6 Å². The Bertz CT molecular complexity index is 737. The normalized spacial score (nSPS) is 13.2. The molecule has 0 aliphatic heterocycles. The van der Waals surface area contributed by atoms with E-state index in [0.717, 1.165) is 16.9 Å². The summed E-state index contributed by atoms with van der Waals surface area (Å²) < 4.78 is 5.45. The smallest absolute Gasteiger partial charge is 0.315 e. The lowest BCUT2D eigenvalue weighted by molar-refractivity contribution is 0.229. The minimum Gasteiger partial charge on any atom is -0.496 e. The van der Waals surface area contributed by atoms with Gasteiger partial charge in [0, 0.05) is 17.1 Å². The van der Waals surface area contributed by atoms with Crippen molar-refractivity contribution in [1.29, 1.82) is 0 Å². The Morgan fingerprint density at radius 2 is 1.73 bits per heavy atom. The lowest BCUT2D eigenvalue weighted by Crippen LogP contribution is -2.41. The highest BCUT2D eigenvalue weighted by molar-refractivity contribution is 6.31. The van der Waals surface area contributed by atoms with E-state index in [2.05, 4.69) is 15.5 Å². The van der Waals surface area contributed by atoms with Crippen LogP contribution in [0.1, 0.15) is 30.1 Å². The van der Waals surface area contributed by atoms with Crippen molar-refractivity contribution in [2.45, 2.75) is 19.0 Å². The molecule has 140 valence electrons. The molecule has 6 heteroatoms. The summed E-state index contributed by atoms with van der Waals surface area (Å²) in [6.07, 6.45) is 0. The first-order valence-electron chi connectivity index (χ1n) is 8.52. The number of urea groups is 1. The second kappa shape index (κ2) is 9.46. The van der Waals surface area contributed by atoms with Crippen molar-refractivity contribution in [3.05, 3.63) is 64.7 Å². The van der Waals surface area contributed by atoms with Gasteiger partial charge in [0.25, 0.3) is 0 Å². The molecule has 2 atom stereocenters. The highest BCUT2D eigenvalue weighted by Crippen LogP contribution is 2.27. The number of hydrogen-bond acceptors (Lipinski definition) is 3. The molecule has 0 spiro atoms. The molecule has 2 rings (SSSR count). The summed E-state index contributed by atoms with van der Waals surface area (Å²) in [5.41, 5.74) is 1.91. The van der Waals surface area contributed by atoms with Gasteiger partial charge in [0.1, 0.15) is 5.75 Å². The van der Waals surface area contributed by atoms with Crippen molar-refractivity contribution in [1.82, 2.24) is 15.5 Å². The van der Waals surface area contributed by atoms with E-state index >= 15 is 0 Å². The Hall–Kier alpha value is -2.24. The molecule has 0 aliphatic rings. The number of halogens is 1. The molecule has 2 N–H and O–H groups in total. The minimum absolute atomic E-state index is 0.00693.